The average Bonchev–Trinajstić information content (AvgIpc) is 2.96. The van der Waals surface area contributed by atoms with Crippen molar-refractivity contribution in [3.8, 4) is 10.6 Å². The van der Waals surface area contributed by atoms with Gasteiger partial charge in [0.2, 0.25) is 5.91 Å². The molecule has 100 valence electrons. The Morgan fingerprint density at radius 2 is 2.32 bits per heavy atom. The zero-order chi connectivity index (χ0) is 13.2. The molecule has 1 fully saturated rings. The van der Waals surface area contributed by atoms with Crippen LogP contribution in [-0.4, -0.2) is 28.1 Å². The lowest BCUT2D eigenvalue weighted by Crippen LogP contribution is -2.47. The predicted octanol–water partition coefficient (Wildman–Crippen LogP) is 2.05. The summed E-state index contributed by atoms with van der Waals surface area (Å²) in [6.45, 7) is 0. The largest absolute Gasteiger partial charge is 0.393 e. The Labute approximate surface area is 119 Å². The summed E-state index contributed by atoms with van der Waals surface area (Å²) in [5.41, 5.74) is 1.92. The number of carbonyl (C=O) groups excluding carboxylic acids is 1. The third kappa shape index (κ3) is 3.02. The van der Waals surface area contributed by atoms with Gasteiger partial charge in [0.05, 0.1) is 18.2 Å². The lowest BCUT2D eigenvalue weighted by molar-refractivity contribution is -0.122. The van der Waals surface area contributed by atoms with Crippen molar-refractivity contribution < 1.29 is 9.90 Å². The summed E-state index contributed by atoms with van der Waals surface area (Å²) in [4.78, 5) is 16.3. The van der Waals surface area contributed by atoms with E-state index in [0.29, 0.717) is 19.3 Å². The van der Waals surface area contributed by atoms with Crippen LogP contribution in [0, 0.1) is 0 Å². The van der Waals surface area contributed by atoms with E-state index >= 15 is 0 Å². The molecule has 4 nitrogen and oxygen atoms in total. The number of thiazole rings is 1. The third-order valence-corrected chi connectivity index (χ3v) is 4.76. The van der Waals surface area contributed by atoms with Crippen LogP contribution in [0.4, 0.5) is 0 Å². The van der Waals surface area contributed by atoms with Gasteiger partial charge in [-0.05, 0) is 24.3 Å². The number of hydrogen-bond acceptors (Lipinski definition) is 5. The number of nitrogens with one attached hydrogen (secondary N) is 1. The Morgan fingerprint density at radius 3 is 3.00 bits per heavy atom. The molecule has 2 aromatic heterocycles. The molecule has 0 bridgehead atoms. The summed E-state index contributed by atoms with van der Waals surface area (Å²) >= 11 is 3.20. The highest BCUT2D eigenvalue weighted by Crippen LogP contribution is 2.26. The molecule has 2 N–H and O–H groups in total. The molecule has 2 heterocycles. The smallest absolute Gasteiger partial charge is 0.226 e. The molecule has 2 aromatic rings. The van der Waals surface area contributed by atoms with Crippen molar-refractivity contribution in [3.05, 3.63) is 27.9 Å². The molecule has 0 aromatic carbocycles. The van der Waals surface area contributed by atoms with Gasteiger partial charge < -0.3 is 10.4 Å². The maximum absolute atomic E-state index is 11.8. The van der Waals surface area contributed by atoms with Crippen LogP contribution in [0.5, 0.6) is 0 Å². The molecule has 0 unspecified atom stereocenters. The third-order valence-electron chi connectivity index (χ3n) is 3.14. The first-order valence-corrected chi connectivity index (χ1v) is 7.97. The fraction of sp³-hybridized carbons (Fsp3) is 0.385. The number of nitrogens with zero attached hydrogens (tertiary/aromatic N) is 1. The first kappa shape index (κ1) is 12.8. The van der Waals surface area contributed by atoms with Crippen LogP contribution in [-0.2, 0) is 11.2 Å². The Morgan fingerprint density at radius 1 is 1.47 bits per heavy atom. The van der Waals surface area contributed by atoms with E-state index in [9.17, 15) is 4.79 Å². The van der Waals surface area contributed by atoms with E-state index in [0.717, 1.165) is 16.3 Å². The summed E-state index contributed by atoms with van der Waals surface area (Å²) in [5.74, 6) is -0.0148. The van der Waals surface area contributed by atoms with Gasteiger partial charge in [0.15, 0.2) is 0 Å². The number of thiophene rings is 1. The maximum atomic E-state index is 11.8. The Hall–Kier alpha value is -1.24. The minimum atomic E-state index is -0.241. The molecule has 19 heavy (non-hydrogen) atoms. The molecule has 1 aliphatic rings. The first-order valence-electron chi connectivity index (χ1n) is 6.15. The van der Waals surface area contributed by atoms with E-state index in [1.165, 1.54) is 0 Å². The van der Waals surface area contributed by atoms with Gasteiger partial charge >= 0.3 is 0 Å². The monoisotopic (exact) mass is 294 g/mol. The summed E-state index contributed by atoms with van der Waals surface area (Å²) in [6.07, 6.45) is 1.41. The lowest BCUT2D eigenvalue weighted by atomic mass is 9.89. The molecule has 6 heteroatoms. The van der Waals surface area contributed by atoms with E-state index in [1.54, 1.807) is 22.7 Å². The fourth-order valence-electron chi connectivity index (χ4n) is 2.06. The van der Waals surface area contributed by atoms with Crippen LogP contribution in [0.3, 0.4) is 0 Å². The van der Waals surface area contributed by atoms with Gasteiger partial charge in [-0.25, -0.2) is 4.98 Å². The molecule has 0 atom stereocenters. The minimum Gasteiger partial charge on any atom is -0.393 e. The quantitative estimate of drug-likeness (QED) is 0.907. The van der Waals surface area contributed by atoms with Gasteiger partial charge in [-0.15, -0.1) is 11.3 Å². The highest BCUT2D eigenvalue weighted by atomic mass is 32.1. The zero-order valence-corrected chi connectivity index (χ0v) is 11.8. The highest BCUT2D eigenvalue weighted by Gasteiger charge is 2.28. The van der Waals surface area contributed by atoms with Crippen molar-refractivity contribution in [3.63, 3.8) is 0 Å². The number of amides is 1. The van der Waals surface area contributed by atoms with Crippen molar-refractivity contribution in [1.29, 1.82) is 0 Å². The molecule has 0 aliphatic heterocycles. The molecular formula is C13H14N2O2S2. The summed E-state index contributed by atoms with van der Waals surface area (Å²) in [6, 6.07) is 2.17. The SMILES string of the molecule is O=C(Cc1csc(-c2ccsc2)n1)NC1CC(O)C1. The first-order chi connectivity index (χ1) is 9.20. The molecule has 0 spiro atoms. The second kappa shape index (κ2) is 5.40. The van der Waals surface area contributed by atoms with E-state index in [4.69, 9.17) is 5.11 Å². The maximum Gasteiger partial charge on any atom is 0.226 e. The van der Waals surface area contributed by atoms with Gasteiger partial charge in [-0.3, -0.25) is 4.79 Å². The van der Waals surface area contributed by atoms with Crippen molar-refractivity contribution in [2.24, 2.45) is 0 Å². The zero-order valence-electron chi connectivity index (χ0n) is 10.2. The van der Waals surface area contributed by atoms with Gasteiger partial charge in [0.1, 0.15) is 5.01 Å². The van der Waals surface area contributed by atoms with Crippen molar-refractivity contribution >= 4 is 28.6 Å². The van der Waals surface area contributed by atoms with Crippen molar-refractivity contribution in [2.75, 3.05) is 0 Å². The number of aliphatic hydroxyl groups is 1. The molecule has 3 rings (SSSR count). The van der Waals surface area contributed by atoms with E-state index in [2.05, 4.69) is 15.7 Å². The molecule has 1 amide bonds. The van der Waals surface area contributed by atoms with E-state index < -0.39 is 0 Å². The topological polar surface area (TPSA) is 62.2 Å². The van der Waals surface area contributed by atoms with Crippen LogP contribution in [0.2, 0.25) is 0 Å². The molecule has 1 saturated carbocycles. The van der Waals surface area contributed by atoms with Crippen LogP contribution >= 0.6 is 22.7 Å². The predicted molar refractivity (Wildman–Crippen MR) is 76.3 cm³/mol. The molecule has 1 aliphatic carbocycles. The van der Waals surface area contributed by atoms with Crippen LogP contribution in [0.15, 0.2) is 22.2 Å². The number of hydrogen-bond donors (Lipinski definition) is 2. The fourth-order valence-corrected chi connectivity index (χ4v) is 3.59. The molecular weight excluding hydrogens is 280 g/mol. The summed E-state index contributed by atoms with van der Waals surface area (Å²) in [7, 11) is 0. The number of aromatic nitrogens is 1. The Bertz CT molecular complexity index is 559. The average molecular weight is 294 g/mol. The molecule has 0 saturated heterocycles. The van der Waals surface area contributed by atoms with Crippen LogP contribution in [0.1, 0.15) is 18.5 Å². The minimum absolute atomic E-state index is 0.0148. The van der Waals surface area contributed by atoms with Gasteiger partial charge in [0, 0.05) is 22.4 Å². The number of aliphatic hydroxyl groups excluding tert-OH is 1. The number of carbonyl (C=O) groups is 1. The summed E-state index contributed by atoms with van der Waals surface area (Å²) < 4.78 is 0. The van der Waals surface area contributed by atoms with Crippen molar-refractivity contribution in [2.45, 2.75) is 31.4 Å². The van der Waals surface area contributed by atoms with Crippen molar-refractivity contribution in [1.82, 2.24) is 10.3 Å². The van der Waals surface area contributed by atoms with Gasteiger partial charge in [0.25, 0.3) is 0 Å². The van der Waals surface area contributed by atoms with Crippen LogP contribution < -0.4 is 5.32 Å². The van der Waals surface area contributed by atoms with Crippen LogP contribution in [0.25, 0.3) is 10.6 Å². The van der Waals surface area contributed by atoms with Gasteiger partial charge in [-0.1, -0.05) is 0 Å². The standard InChI is InChI=1S/C13H14N2O2S2/c16-11-3-9(4-11)14-12(17)5-10-7-19-13(15-10)8-1-2-18-6-8/h1-2,6-7,9,11,16H,3-5H2,(H,14,17). The highest BCUT2D eigenvalue weighted by molar-refractivity contribution is 7.14. The normalized spacial score (nSPS) is 21.9. The van der Waals surface area contributed by atoms with E-state index in [1.807, 2.05) is 16.8 Å². The second-order valence-electron chi connectivity index (χ2n) is 4.72. The summed E-state index contributed by atoms with van der Waals surface area (Å²) in [5, 5.41) is 19.0. The Balaban J connectivity index is 1.56. The Kier molecular flexibility index (Phi) is 3.63. The molecule has 0 radical (unpaired) electrons. The lowest BCUT2D eigenvalue weighted by Gasteiger charge is -2.31. The second-order valence-corrected chi connectivity index (χ2v) is 6.36. The van der Waals surface area contributed by atoms with E-state index in [-0.39, 0.29) is 18.1 Å². The number of rotatable bonds is 4. The van der Waals surface area contributed by atoms with Gasteiger partial charge in [-0.2, -0.15) is 11.3 Å².